The Balaban J connectivity index is 2.28. The van der Waals surface area contributed by atoms with Crippen LogP contribution in [0.25, 0.3) is 16.2 Å². The topological polar surface area (TPSA) is 17.3 Å². The number of benzene rings is 1. The molecule has 3 rings (SSSR count). The molecule has 0 N–H and O–H groups in total. The first-order valence-corrected chi connectivity index (χ1v) is 6.13. The van der Waals surface area contributed by atoms with Crippen molar-refractivity contribution >= 4 is 27.9 Å². The molecule has 16 heavy (non-hydrogen) atoms. The number of fused-ring (bicyclic) bond motifs is 1. The number of aromatic nitrogens is 2. The molecule has 0 saturated carbocycles. The van der Waals surface area contributed by atoms with E-state index in [-0.39, 0.29) is 0 Å². The Bertz CT molecular complexity index is 637. The van der Waals surface area contributed by atoms with Gasteiger partial charge in [0, 0.05) is 22.3 Å². The molecule has 0 aliphatic rings. The Labute approximate surface area is 102 Å². The first-order valence-electron chi connectivity index (χ1n) is 4.94. The van der Waals surface area contributed by atoms with E-state index in [9.17, 15) is 0 Å². The lowest BCUT2D eigenvalue weighted by Gasteiger charge is -2.01. The molecule has 0 saturated heterocycles. The van der Waals surface area contributed by atoms with E-state index in [4.69, 9.17) is 11.6 Å². The molecule has 0 unspecified atom stereocenters. The fourth-order valence-corrected chi connectivity index (χ4v) is 2.92. The van der Waals surface area contributed by atoms with Crippen LogP contribution in [0.1, 0.15) is 4.88 Å². The van der Waals surface area contributed by atoms with E-state index in [0.717, 1.165) is 9.98 Å². The van der Waals surface area contributed by atoms with Gasteiger partial charge in [0.15, 0.2) is 4.96 Å². The summed E-state index contributed by atoms with van der Waals surface area (Å²) in [5.74, 6) is 0. The van der Waals surface area contributed by atoms with Gasteiger partial charge in [-0.15, -0.1) is 11.3 Å². The average molecular weight is 249 g/mol. The third-order valence-corrected chi connectivity index (χ3v) is 3.78. The molecule has 3 aromatic rings. The maximum Gasteiger partial charge on any atom is 0.194 e. The summed E-state index contributed by atoms with van der Waals surface area (Å²) in [6.07, 6.45) is 3.81. The Kier molecular flexibility index (Phi) is 2.23. The number of rotatable bonds is 1. The minimum absolute atomic E-state index is 0.763. The molecule has 2 nitrogen and oxygen atoms in total. The van der Waals surface area contributed by atoms with Crippen molar-refractivity contribution in [1.29, 1.82) is 0 Å². The van der Waals surface area contributed by atoms with Gasteiger partial charge in [-0.1, -0.05) is 23.7 Å². The second-order valence-electron chi connectivity index (χ2n) is 3.59. The minimum atomic E-state index is 0.763. The van der Waals surface area contributed by atoms with Gasteiger partial charge in [0.25, 0.3) is 0 Å². The molecule has 0 radical (unpaired) electrons. The van der Waals surface area contributed by atoms with Crippen molar-refractivity contribution in [3.05, 3.63) is 46.6 Å². The quantitative estimate of drug-likeness (QED) is 0.636. The molecule has 0 spiro atoms. The number of hydrogen-bond acceptors (Lipinski definition) is 2. The van der Waals surface area contributed by atoms with Crippen molar-refractivity contribution in [1.82, 2.24) is 9.38 Å². The first kappa shape index (κ1) is 9.87. The Morgan fingerprint density at radius 3 is 2.75 bits per heavy atom. The Morgan fingerprint density at radius 2 is 2.00 bits per heavy atom. The van der Waals surface area contributed by atoms with Crippen molar-refractivity contribution in [2.45, 2.75) is 6.92 Å². The van der Waals surface area contributed by atoms with E-state index in [0.29, 0.717) is 0 Å². The predicted octanol–water partition coefficient (Wildman–Crippen LogP) is 4.02. The number of aryl methyl sites for hydroxylation is 1. The lowest BCUT2D eigenvalue weighted by Crippen LogP contribution is -1.85. The van der Waals surface area contributed by atoms with E-state index < -0.39 is 0 Å². The van der Waals surface area contributed by atoms with Crippen LogP contribution >= 0.6 is 22.9 Å². The second kappa shape index (κ2) is 3.61. The molecule has 1 aromatic carbocycles. The van der Waals surface area contributed by atoms with E-state index in [1.165, 1.54) is 16.1 Å². The van der Waals surface area contributed by atoms with Crippen LogP contribution in [0.4, 0.5) is 0 Å². The molecular weight excluding hydrogens is 240 g/mol. The molecule has 0 amide bonds. The number of halogens is 1. The SMILES string of the molecule is Cc1sc2nccn2c1-c1ccc(Cl)cc1. The van der Waals surface area contributed by atoms with Gasteiger partial charge in [-0.05, 0) is 24.6 Å². The van der Waals surface area contributed by atoms with E-state index >= 15 is 0 Å². The third kappa shape index (κ3) is 1.44. The maximum absolute atomic E-state index is 5.89. The summed E-state index contributed by atoms with van der Waals surface area (Å²) >= 11 is 7.60. The minimum Gasteiger partial charge on any atom is -0.290 e. The van der Waals surface area contributed by atoms with Gasteiger partial charge in [0.05, 0.1) is 5.69 Å². The van der Waals surface area contributed by atoms with Gasteiger partial charge in [-0.2, -0.15) is 0 Å². The van der Waals surface area contributed by atoms with Crippen LogP contribution in [-0.2, 0) is 0 Å². The third-order valence-electron chi connectivity index (χ3n) is 2.54. The predicted molar refractivity (Wildman–Crippen MR) is 68.3 cm³/mol. The van der Waals surface area contributed by atoms with Crippen molar-refractivity contribution in [3.8, 4) is 11.3 Å². The molecule has 0 fully saturated rings. The molecule has 4 heteroatoms. The fraction of sp³-hybridized carbons (Fsp3) is 0.0833. The fourth-order valence-electron chi connectivity index (χ4n) is 1.84. The van der Waals surface area contributed by atoms with Crippen molar-refractivity contribution in [2.75, 3.05) is 0 Å². The van der Waals surface area contributed by atoms with Crippen LogP contribution in [0, 0.1) is 6.92 Å². The number of nitrogens with zero attached hydrogens (tertiary/aromatic N) is 2. The smallest absolute Gasteiger partial charge is 0.194 e. The second-order valence-corrected chi connectivity index (χ2v) is 5.21. The average Bonchev–Trinajstić information content (AvgIpc) is 2.79. The zero-order valence-electron chi connectivity index (χ0n) is 8.64. The van der Waals surface area contributed by atoms with Crippen LogP contribution in [-0.4, -0.2) is 9.38 Å². The zero-order chi connectivity index (χ0) is 11.1. The Hall–Kier alpha value is -1.32. The monoisotopic (exact) mass is 248 g/mol. The summed E-state index contributed by atoms with van der Waals surface area (Å²) in [6, 6.07) is 7.90. The summed E-state index contributed by atoms with van der Waals surface area (Å²) in [5.41, 5.74) is 2.38. The number of thiazole rings is 1. The Morgan fingerprint density at radius 1 is 1.25 bits per heavy atom. The highest BCUT2D eigenvalue weighted by Gasteiger charge is 2.10. The van der Waals surface area contributed by atoms with Gasteiger partial charge < -0.3 is 0 Å². The number of hydrogen-bond donors (Lipinski definition) is 0. The van der Waals surface area contributed by atoms with Gasteiger partial charge in [-0.3, -0.25) is 4.40 Å². The van der Waals surface area contributed by atoms with Crippen LogP contribution < -0.4 is 0 Å². The van der Waals surface area contributed by atoms with Crippen LogP contribution in [0.15, 0.2) is 36.7 Å². The molecule has 80 valence electrons. The molecule has 0 bridgehead atoms. The van der Waals surface area contributed by atoms with Crippen molar-refractivity contribution < 1.29 is 0 Å². The maximum atomic E-state index is 5.89. The van der Waals surface area contributed by atoms with Crippen molar-refractivity contribution in [2.24, 2.45) is 0 Å². The molecule has 2 aromatic heterocycles. The largest absolute Gasteiger partial charge is 0.290 e. The lowest BCUT2D eigenvalue weighted by atomic mass is 10.1. The van der Waals surface area contributed by atoms with Crippen LogP contribution in [0.2, 0.25) is 5.02 Å². The summed E-state index contributed by atoms with van der Waals surface area (Å²) < 4.78 is 2.11. The van der Waals surface area contributed by atoms with Crippen LogP contribution in [0.3, 0.4) is 0 Å². The highest BCUT2D eigenvalue weighted by atomic mass is 35.5. The lowest BCUT2D eigenvalue weighted by molar-refractivity contribution is 1.22. The molecule has 0 aliphatic heterocycles. The van der Waals surface area contributed by atoms with E-state index in [1.54, 1.807) is 11.3 Å². The van der Waals surface area contributed by atoms with E-state index in [2.05, 4.69) is 16.3 Å². The van der Waals surface area contributed by atoms with Gasteiger partial charge in [0.2, 0.25) is 0 Å². The van der Waals surface area contributed by atoms with Gasteiger partial charge >= 0.3 is 0 Å². The molecule has 0 aliphatic carbocycles. The first-order chi connectivity index (χ1) is 7.75. The zero-order valence-corrected chi connectivity index (χ0v) is 10.2. The summed E-state index contributed by atoms with van der Waals surface area (Å²) in [6.45, 7) is 2.11. The summed E-state index contributed by atoms with van der Waals surface area (Å²) in [5, 5.41) is 0.763. The standard InChI is InChI=1S/C12H9ClN2S/c1-8-11(9-2-4-10(13)5-3-9)15-7-6-14-12(15)16-8/h2-7H,1H3. The van der Waals surface area contributed by atoms with Crippen LogP contribution in [0.5, 0.6) is 0 Å². The van der Waals surface area contributed by atoms with Gasteiger partial charge in [-0.25, -0.2) is 4.98 Å². The van der Waals surface area contributed by atoms with Gasteiger partial charge in [0.1, 0.15) is 0 Å². The molecular formula is C12H9ClN2S. The highest BCUT2D eigenvalue weighted by Crippen LogP contribution is 2.31. The number of imidazole rings is 1. The highest BCUT2D eigenvalue weighted by molar-refractivity contribution is 7.17. The summed E-state index contributed by atoms with van der Waals surface area (Å²) in [4.78, 5) is 6.60. The molecule has 2 heterocycles. The van der Waals surface area contributed by atoms with Crippen molar-refractivity contribution in [3.63, 3.8) is 0 Å². The molecule has 0 atom stereocenters. The van der Waals surface area contributed by atoms with E-state index in [1.807, 2.05) is 36.7 Å². The summed E-state index contributed by atoms with van der Waals surface area (Å²) in [7, 11) is 0. The normalized spacial score (nSPS) is 11.1.